The first-order chi connectivity index (χ1) is 20.7. The van der Waals surface area contributed by atoms with Gasteiger partial charge in [0.15, 0.2) is 0 Å². The van der Waals surface area contributed by atoms with Crippen LogP contribution in [0.3, 0.4) is 0 Å². The molecule has 0 aromatic heterocycles. The Bertz CT molecular complexity index is 1130. The molecule has 6 unspecified atom stereocenters. The van der Waals surface area contributed by atoms with Crippen LogP contribution >= 0.6 is 0 Å². The zero-order chi connectivity index (χ0) is 31.6. The molecule has 2 N–H and O–H groups in total. The summed E-state index contributed by atoms with van der Waals surface area (Å²) in [4.78, 5) is 15.0. The molecule has 0 aromatic carbocycles. The maximum absolute atomic E-state index is 13.2. The maximum atomic E-state index is 13.2. The van der Waals surface area contributed by atoms with E-state index in [0.29, 0.717) is 55.9 Å². The minimum absolute atomic E-state index is 0.0401. The summed E-state index contributed by atoms with van der Waals surface area (Å²) >= 11 is 0. The van der Waals surface area contributed by atoms with Gasteiger partial charge in [0.05, 0.1) is 37.1 Å². The van der Waals surface area contributed by atoms with Crippen molar-refractivity contribution in [2.45, 2.75) is 130 Å². The molecule has 0 bridgehead atoms. The summed E-state index contributed by atoms with van der Waals surface area (Å²) < 4.78 is 24.4. The first-order valence-corrected chi connectivity index (χ1v) is 17.8. The molecule has 250 valence electrons. The van der Waals surface area contributed by atoms with Gasteiger partial charge in [-0.3, -0.25) is 0 Å². The van der Waals surface area contributed by atoms with Crippen LogP contribution in [0.25, 0.3) is 0 Å². The fourth-order valence-corrected chi connectivity index (χ4v) is 13.9. The predicted molar refractivity (Wildman–Crippen MR) is 166 cm³/mol. The zero-order valence-corrected chi connectivity index (χ0v) is 28.5. The summed E-state index contributed by atoms with van der Waals surface area (Å²) in [6.07, 6.45) is 5.87. The molecule has 8 nitrogen and oxygen atoms in total. The first-order valence-electron chi connectivity index (χ1n) is 17.8. The van der Waals surface area contributed by atoms with Crippen molar-refractivity contribution in [3.05, 3.63) is 0 Å². The quantitative estimate of drug-likeness (QED) is 0.443. The Labute approximate surface area is 264 Å². The number of morpholine rings is 1. The number of hydrogen-bond donors (Lipinski definition) is 2. The van der Waals surface area contributed by atoms with Gasteiger partial charge in [-0.15, -0.1) is 0 Å². The van der Waals surface area contributed by atoms with E-state index < -0.39 is 17.8 Å². The van der Waals surface area contributed by atoms with Crippen LogP contribution in [0.1, 0.15) is 93.4 Å². The van der Waals surface area contributed by atoms with Crippen molar-refractivity contribution in [3.8, 4) is 0 Å². The molecular weight excluding hydrogens is 558 g/mol. The summed E-state index contributed by atoms with van der Waals surface area (Å²) in [6, 6.07) is 0. The molecule has 0 radical (unpaired) electrons. The van der Waals surface area contributed by atoms with E-state index in [4.69, 9.17) is 18.9 Å². The van der Waals surface area contributed by atoms with Crippen molar-refractivity contribution < 1.29 is 34.0 Å². The second-order valence-corrected chi connectivity index (χ2v) is 17.6. The predicted octanol–water partition coefficient (Wildman–Crippen LogP) is 5.28. The number of rotatable bonds is 4. The molecule has 2 aliphatic heterocycles. The Kier molecular flexibility index (Phi) is 7.40. The molecule has 5 saturated carbocycles. The van der Waals surface area contributed by atoms with Crippen molar-refractivity contribution >= 4 is 6.09 Å². The van der Waals surface area contributed by atoms with Gasteiger partial charge < -0.3 is 34.1 Å². The van der Waals surface area contributed by atoms with E-state index in [2.05, 4.69) is 34.6 Å². The number of methoxy groups -OCH3 is 1. The lowest BCUT2D eigenvalue weighted by atomic mass is 9.46. The Morgan fingerprint density at radius 3 is 2.36 bits per heavy atom. The van der Waals surface area contributed by atoms with Crippen molar-refractivity contribution in [1.82, 2.24) is 4.90 Å². The normalized spacial score (nSPS) is 51.6. The fourth-order valence-electron chi connectivity index (χ4n) is 13.9. The molecule has 5 aliphatic carbocycles. The second-order valence-electron chi connectivity index (χ2n) is 17.6. The van der Waals surface area contributed by atoms with Crippen LogP contribution in [0, 0.1) is 57.2 Å². The van der Waals surface area contributed by atoms with Crippen LogP contribution in [0.4, 0.5) is 4.79 Å². The summed E-state index contributed by atoms with van der Waals surface area (Å²) in [5.41, 5.74) is -0.572. The summed E-state index contributed by atoms with van der Waals surface area (Å²) in [5.74, 6) is 2.52. The maximum Gasteiger partial charge on any atom is 0.410 e. The minimum atomic E-state index is -1.02. The van der Waals surface area contributed by atoms with Crippen molar-refractivity contribution in [2.75, 3.05) is 33.4 Å². The minimum Gasteiger partial charge on any atom is -0.446 e. The third-order valence-electron chi connectivity index (χ3n) is 15.4. The van der Waals surface area contributed by atoms with E-state index in [1.165, 1.54) is 6.42 Å². The van der Waals surface area contributed by atoms with E-state index in [-0.39, 0.29) is 52.0 Å². The van der Waals surface area contributed by atoms with Crippen LogP contribution in [0.2, 0.25) is 0 Å². The van der Waals surface area contributed by atoms with Crippen molar-refractivity contribution in [1.29, 1.82) is 0 Å². The van der Waals surface area contributed by atoms with Gasteiger partial charge in [0.25, 0.3) is 0 Å². The highest BCUT2D eigenvalue weighted by atomic mass is 16.6. The lowest BCUT2D eigenvalue weighted by Crippen LogP contribution is -2.56. The second kappa shape index (κ2) is 10.3. The van der Waals surface area contributed by atoms with Crippen molar-refractivity contribution in [3.63, 3.8) is 0 Å². The highest BCUT2D eigenvalue weighted by Crippen LogP contribution is 2.89. The Hall–Kier alpha value is -0.930. The van der Waals surface area contributed by atoms with Crippen LogP contribution < -0.4 is 0 Å². The molecule has 14 atom stereocenters. The van der Waals surface area contributed by atoms with Gasteiger partial charge in [-0.05, 0) is 111 Å². The molecule has 7 aliphatic rings. The number of carbonyl (C=O) groups excluding carboxylic acids is 1. The van der Waals surface area contributed by atoms with E-state index >= 15 is 0 Å². The average Bonchev–Trinajstić information content (AvgIpc) is 3.39. The smallest absolute Gasteiger partial charge is 0.410 e. The number of nitrogens with zero attached hydrogens (tertiary/aromatic N) is 1. The van der Waals surface area contributed by atoms with Crippen LogP contribution in [-0.2, 0) is 18.9 Å². The molecule has 7 fully saturated rings. The number of hydrogen-bond acceptors (Lipinski definition) is 7. The third-order valence-corrected chi connectivity index (χ3v) is 15.4. The van der Waals surface area contributed by atoms with Gasteiger partial charge in [-0.1, -0.05) is 34.6 Å². The van der Waals surface area contributed by atoms with Crippen LogP contribution in [0.15, 0.2) is 0 Å². The monoisotopic (exact) mass is 617 g/mol. The van der Waals surface area contributed by atoms with Crippen molar-refractivity contribution in [2.24, 2.45) is 57.2 Å². The molecule has 2 spiro atoms. The average molecular weight is 618 g/mol. The summed E-state index contributed by atoms with van der Waals surface area (Å²) in [7, 11) is 1.66. The number of fused-ring (bicyclic) bond motifs is 4. The molecule has 2 saturated heterocycles. The SMILES string of the molecule is CO[C@@H]([C@H]1CC(C)C2[C@H](O1)C(O)C1[C@@H]3CCC4C(C)(C)[C@@H](OC(=O)N5CCOCC5)CC[C@@]45C(C)[C@@]35CC[C@]21C)C(C)(C)O. The van der Waals surface area contributed by atoms with Gasteiger partial charge in [0.1, 0.15) is 12.2 Å². The number of aliphatic hydroxyl groups excluding tert-OH is 1. The Balaban J connectivity index is 1.14. The Morgan fingerprint density at radius 1 is 1.00 bits per heavy atom. The summed E-state index contributed by atoms with van der Waals surface area (Å²) in [5, 5.41) is 23.2. The van der Waals surface area contributed by atoms with Crippen LogP contribution in [0.5, 0.6) is 0 Å². The van der Waals surface area contributed by atoms with Gasteiger partial charge in [0, 0.05) is 25.6 Å². The molecule has 8 heteroatoms. The molecule has 7 rings (SSSR count). The molecular formula is C36H59NO7. The molecule has 44 heavy (non-hydrogen) atoms. The van der Waals surface area contributed by atoms with Gasteiger partial charge in [-0.2, -0.15) is 0 Å². The van der Waals surface area contributed by atoms with E-state index in [9.17, 15) is 15.0 Å². The lowest BCUT2D eigenvalue weighted by Gasteiger charge is -2.59. The molecule has 1 amide bonds. The number of aliphatic hydroxyl groups is 2. The topological polar surface area (TPSA) is 97.7 Å². The number of amides is 1. The lowest BCUT2D eigenvalue weighted by molar-refractivity contribution is -0.209. The van der Waals surface area contributed by atoms with Gasteiger partial charge in [0.2, 0.25) is 0 Å². The molecule has 2 heterocycles. The Morgan fingerprint density at radius 2 is 1.70 bits per heavy atom. The third kappa shape index (κ3) is 4.02. The highest BCUT2D eigenvalue weighted by molar-refractivity contribution is 5.68. The largest absolute Gasteiger partial charge is 0.446 e. The van der Waals surface area contributed by atoms with Crippen LogP contribution in [-0.4, -0.2) is 90.7 Å². The zero-order valence-electron chi connectivity index (χ0n) is 28.5. The van der Waals surface area contributed by atoms with Gasteiger partial charge >= 0.3 is 6.09 Å². The highest BCUT2D eigenvalue weighted by Gasteiger charge is 2.85. The fraction of sp³-hybridized carbons (Fsp3) is 0.972. The number of ether oxygens (including phenoxy) is 4. The summed E-state index contributed by atoms with van der Waals surface area (Å²) in [6.45, 7) is 18.0. The number of carbonyl (C=O) groups is 1. The van der Waals surface area contributed by atoms with E-state index in [1.807, 2.05) is 4.90 Å². The van der Waals surface area contributed by atoms with E-state index in [0.717, 1.165) is 38.5 Å². The standard InChI is InChI=1S/C36H59NO7/c1-20-19-23(30(41-8)33(5,6)40)43-29-26(20)34(7)13-14-35-21(2)36(35)12-11-25(44-31(39)37-15-17-42-18-16-37)32(3,4)24(36)10-9-22(35)27(34)28(29)38/h20-30,38,40H,9-19H2,1-8H3/t20?,21?,22-,23+,24?,25-,26?,27?,28?,29-,30-,34+,35-,36+/m0/s1. The first kappa shape index (κ1) is 31.7. The van der Waals surface area contributed by atoms with E-state index in [1.54, 1.807) is 21.0 Å². The van der Waals surface area contributed by atoms with Gasteiger partial charge in [-0.25, -0.2) is 4.79 Å². The molecule has 0 aromatic rings.